The molecule has 0 heterocycles. The van der Waals surface area contributed by atoms with Gasteiger partial charge in [-0.05, 0) is 137 Å². The second-order valence-electron chi connectivity index (χ2n) is 29.7. The Hall–Kier alpha value is -16.5. The third-order valence-electron chi connectivity index (χ3n) is 19.7. The zero-order chi connectivity index (χ0) is 101. The van der Waals surface area contributed by atoms with Gasteiger partial charge in [-0.15, -0.1) is 0 Å². The van der Waals surface area contributed by atoms with Gasteiger partial charge in [0.05, 0.1) is 140 Å². The zero-order valence-corrected chi connectivity index (χ0v) is 82.2. The van der Waals surface area contributed by atoms with Gasteiger partial charge in [-0.1, -0.05) is 137 Å². The number of esters is 1. The van der Waals surface area contributed by atoms with Gasteiger partial charge in [0.15, 0.2) is 69.0 Å². The van der Waals surface area contributed by atoms with E-state index in [2.05, 4.69) is 17.2 Å². The summed E-state index contributed by atoms with van der Waals surface area (Å²) in [6.45, 7) is 15.9. The lowest BCUT2D eigenvalue weighted by atomic mass is 10.0. The number of ether oxygens (including phenoxy) is 24. The van der Waals surface area contributed by atoms with E-state index in [1.54, 1.807) is 115 Å². The second-order valence-corrected chi connectivity index (χ2v) is 29.7. The number of allylic oxidation sites excluding steroid dienone is 1. The summed E-state index contributed by atoms with van der Waals surface area (Å²) < 4.78 is 126. The van der Waals surface area contributed by atoms with E-state index in [1.807, 2.05) is 175 Å². The van der Waals surface area contributed by atoms with E-state index < -0.39 is 18.3 Å². The van der Waals surface area contributed by atoms with Crippen LogP contribution in [0.4, 0.5) is 25.8 Å². The maximum absolute atomic E-state index is 12.3. The molecule has 0 spiro atoms. The maximum Gasteiger partial charge on any atom is 0.519 e. The Morgan fingerprint density at radius 2 is 0.442 bits per heavy atom. The van der Waals surface area contributed by atoms with Crippen LogP contribution in [0.5, 0.6) is 138 Å². The normalized spacial score (nSPS) is 10.0. The quantitative estimate of drug-likeness (QED) is 0.0161. The average molecular weight is 1900 g/mol. The van der Waals surface area contributed by atoms with Crippen molar-refractivity contribution in [2.24, 2.45) is 0 Å². The number of hydrogen-bond acceptors (Lipinski definition) is 29. The van der Waals surface area contributed by atoms with Crippen LogP contribution in [0.15, 0.2) is 231 Å². The van der Waals surface area contributed by atoms with Crippen LogP contribution in [0.2, 0.25) is 0 Å². The molecule has 0 unspecified atom stereocenters. The van der Waals surface area contributed by atoms with E-state index in [1.165, 1.54) is 109 Å². The van der Waals surface area contributed by atoms with Crippen molar-refractivity contribution < 1.29 is 138 Å². The van der Waals surface area contributed by atoms with Gasteiger partial charge < -0.3 is 114 Å². The van der Waals surface area contributed by atoms with Crippen molar-refractivity contribution >= 4 is 41.5 Å². The lowest BCUT2D eigenvalue weighted by molar-refractivity contribution is -0.133. The van der Waals surface area contributed by atoms with E-state index >= 15 is 0 Å². The van der Waals surface area contributed by atoms with Crippen molar-refractivity contribution in [1.82, 2.24) is 0 Å². The second kappa shape index (κ2) is 55.9. The van der Waals surface area contributed by atoms with Crippen molar-refractivity contribution in [2.45, 2.75) is 67.2 Å². The molecule has 0 radical (unpaired) electrons. The molecule has 0 aliphatic carbocycles. The van der Waals surface area contributed by atoms with Crippen LogP contribution in [0.1, 0.15) is 55.6 Å². The van der Waals surface area contributed by atoms with Crippen molar-refractivity contribution in [3.05, 3.63) is 286 Å². The molecule has 12 aromatic carbocycles. The van der Waals surface area contributed by atoms with Gasteiger partial charge in [0, 0.05) is 73.5 Å². The van der Waals surface area contributed by atoms with Gasteiger partial charge in [0.2, 0.25) is 34.5 Å². The number of carbonyl (C=O) groups excluding carboxylic acids is 5. The molecule has 0 aliphatic heterocycles. The summed E-state index contributed by atoms with van der Waals surface area (Å²) in [4.78, 5) is 60.2. The molecule has 0 aliphatic rings. The Labute approximate surface area is 805 Å². The molecule has 0 bridgehead atoms. The molecular formula is C107H120N2O29. The summed E-state index contributed by atoms with van der Waals surface area (Å²) in [6, 6.07) is 65.2. The Bertz CT molecular complexity index is 4860. The number of carbonyl (C=O) groups is 5. The minimum atomic E-state index is -0.858. The number of amides is 2. The highest BCUT2D eigenvalue weighted by Gasteiger charge is 2.24. The predicted octanol–water partition coefficient (Wildman–Crippen LogP) is 21.6. The van der Waals surface area contributed by atoms with Crippen LogP contribution in [-0.4, -0.2) is 158 Å². The predicted molar refractivity (Wildman–Crippen MR) is 525 cm³/mol. The van der Waals surface area contributed by atoms with Gasteiger partial charge in [0.1, 0.15) is 46.0 Å². The van der Waals surface area contributed by atoms with Crippen LogP contribution in [0, 0.1) is 41.5 Å². The van der Waals surface area contributed by atoms with Crippen molar-refractivity contribution in [3.8, 4) is 138 Å². The smallest absolute Gasteiger partial charge is 0.493 e. The largest absolute Gasteiger partial charge is 0.519 e. The van der Waals surface area contributed by atoms with Crippen LogP contribution in [-0.2, 0) is 35.3 Å². The standard InChI is InChI=1S/2C19H22O4.C18H20O5.2C17H19NO5.C17H18O6/c1-13-6-8-16(9-7-13)23-14(2)10-15-11-17(20-3)19(22-5)18(12-15)21-4;1-13-5-7-14(8-6-13)9-16(20)10-15-11-17(21-2)19(23-4)18(12-15)22-3;1-12-5-7-13(8-6-12)9-17(19)23-14-10-15(20-2)18(22-4)16(11-14)21-3;1-11-5-7-13(8-6-11)23-17(19)18-12-9-14(20-2)16(22-4)15(10-12)21-3;1-11-5-7-12(8-6-11)18-17(19)23-13-9-14(20-2)16(22-4)15(10-13)21-3;1-11-5-7-12(8-6-11)22-17(18)23-13-9-14(19-2)16(21-4)15(10-13)20-3/h6-9,11-12H,2,10H2,1,3-5H3;5-8,11-12H,9-10H2,1-4H3;5-8,10-11H,9H2,1-4H3;2*5-10H,1-4H3,(H,18,19);5-10H,1-4H3. The number of aryl methyl sites for hydroxylation is 6. The van der Waals surface area contributed by atoms with E-state index in [-0.39, 0.29) is 29.7 Å². The molecule has 2 amide bonds. The van der Waals surface area contributed by atoms with Crippen molar-refractivity contribution in [2.75, 3.05) is 139 Å². The lowest BCUT2D eigenvalue weighted by Crippen LogP contribution is -2.16. The van der Waals surface area contributed by atoms with Crippen LogP contribution < -0.4 is 124 Å². The first-order valence-corrected chi connectivity index (χ1v) is 42.5. The Morgan fingerprint density at radius 1 is 0.217 bits per heavy atom. The zero-order valence-electron chi connectivity index (χ0n) is 82.2. The number of methoxy groups -OCH3 is 18. The van der Waals surface area contributed by atoms with E-state index in [9.17, 15) is 24.0 Å². The molecule has 2 N–H and O–H groups in total. The number of rotatable bonds is 35. The summed E-state index contributed by atoms with van der Waals surface area (Å²) in [7, 11) is 27.5. The first-order chi connectivity index (χ1) is 66.4. The first kappa shape index (κ1) is 109. The third kappa shape index (κ3) is 33.6. The SMILES string of the molecule is C=C(Cc1cc(OC)c(OC)c(OC)c1)Oc1ccc(C)cc1.COc1cc(CC(=O)Cc2ccc(C)cc2)cc(OC)c1OC.COc1cc(NC(=O)Oc2ccc(C)cc2)cc(OC)c1OC.COc1cc(OC(=O)Cc2ccc(C)cc2)cc(OC)c1OC.COc1cc(OC(=O)Nc2ccc(C)cc2)cc(OC)c1OC.COc1cc(OC(=O)Oc2ccc(C)cc2)cc(OC)c1OC. The number of benzene rings is 12. The Balaban J connectivity index is 0.000000225. The topological polar surface area (TPSA) is 331 Å². The first-order valence-electron chi connectivity index (χ1n) is 42.5. The molecule has 0 aromatic heterocycles. The molecule has 31 nitrogen and oxygen atoms in total. The van der Waals surface area contributed by atoms with Gasteiger partial charge in [-0.2, -0.15) is 0 Å². The van der Waals surface area contributed by atoms with Crippen LogP contribution >= 0.6 is 0 Å². The van der Waals surface area contributed by atoms with E-state index in [0.29, 0.717) is 157 Å². The summed E-state index contributed by atoms with van der Waals surface area (Å²) in [5.41, 5.74) is 11.6. The summed E-state index contributed by atoms with van der Waals surface area (Å²) in [6.07, 6.45) is -0.599. The Kier molecular flexibility index (Phi) is 44.0. The third-order valence-corrected chi connectivity index (χ3v) is 19.7. The molecular weight excluding hydrogens is 1780 g/mol. The van der Waals surface area contributed by atoms with E-state index in [0.717, 1.165) is 50.3 Å². The minimum absolute atomic E-state index is 0.142. The molecule has 0 saturated carbocycles. The van der Waals surface area contributed by atoms with Crippen molar-refractivity contribution in [1.29, 1.82) is 0 Å². The molecule has 0 saturated heterocycles. The highest BCUT2D eigenvalue weighted by atomic mass is 16.7. The average Bonchev–Trinajstić information content (AvgIpc) is 0.845. The van der Waals surface area contributed by atoms with E-state index in [4.69, 9.17) is 114 Å². The number of anilines is 2. The fourth-order valence-electron chi connectivity index (χ4n) is 12.8. The monoisotopic (exact) mass is 1900 g/mol. The van der Waals surface area contributed by atoms with Crippen LogP contribution in [0.25, 0.3) is 0 Å². The summed E-state index contributed by atoms with van der Waals surface area (Å²) >= 11 is 0. The fourth-order valence-corrected chi connectivity index (χ4v) is 12.8. The molecule has 0 atom stereocenters. The molecule has 0 fully saturated rings. The maximum atomic E-state index is 12.3. The number of hydrogen-bond donors (Lipinski definition) is 2. The van der Waals surface area contributed by atoms with Crippen molar-refractivity contribution in [3.63, 3.8) is 0 Å². The Morgan fingerprint density at radius 3 is 0.754 bits per heavy atom. The lowest BCUT2D eigenvalue weighted by Gasteiger charge is -2.15. The van der Waals surface area contributed by atoms with Gasteiger partial charge in [0.25, 0.3) is 0 Å². The fraction of sp³-hybridized carbons (Fsp3) is 0.262. The van der Waals surface area contributed by atoms with Gasteiger partial charge >= 0.3 is 24.3 Å². The molecule has 732 valence electrons. The highest BCUT2D eigenvalue weighted by molar-refractivity contribution is 5.88. The van der Waals surface area contributed by atoms with Gasteiger partial charge in [-0.25, -0.2) is 14.4 Å². The molecule has 12 aromatic rings. The number of ketones is 1. The van der Waals surface area contributed by atoms with Crippen LogP contribution in [0.3, 0.4) is 0 Å². The highest BCUT2D eigenvalue weighted by Crippen LogP contribution is 2.46. The minimum Gasteiger partial charge on any atom is -0.493 e. The summed E-state index contributed by atoms with van der Waals surface area (Å²) in [5.74, 6) is 11.4. The summed E-state index contributed by atoms with van der Waals surface area (Å²) in [5, 5.41) is 5.28. The molecule has 138 heavy (non-hydrogen) atoms. The molecule has 12 rings (SSSR count). The van der Waals surface area contributed by atoms with Gasteiger partial charge in [-0.3, -0.25) is 20.2 Å². The molecule has 31 heteroatoms. The number of Topliss-reactive ketones (excluding diaryl/α,β-unsaturated/α-hetero) is 1. The number of nitrogens with one attached hydrogen (secondary N) is 2.